The Bertz CT molecular complexity index is 1190. The van der Waals surface area contributed by atoms with Crippen molar-refractivity contribution in [3.8, 4) is 22.7 Å². The number of nitrogens with two attached hydrogens (primary N) is 1. The number of hydrogen-bond acceptors (Lipinski definition) is 10. The number of carbonyl (C=O) groups excluding carboxylic acids is 1. The van der Waals surface area contributed by atoms with Crippen molar-refractivity contribution in [2.75, 3.05) is 38.6 Å². The van der Waals surface area contributed by atoms with E-state index in [4.69, 9.17) is 15.6 Å². The molecule has 4 rings (SSSR count). The highest BCUT2D eigenvalue weighted by Crippen LogP contribution is 2.26. The SMILES string of the molecule is N#Cc1c(N)cc(C(=O)NCC2CCN(Cc3cnc(-c4ccccn4)s3)CC2)nc1OCCO. The fourth-order valence-corrected chi connectivity index (χ4v) is 4.83. The zero-order chi connectivity index (χ0) is 24.6. The first-order valence-electron chi connectivity index (χ1n) is 11.4. The van der Waals surface area contributed by atoms with Crippen molar-refractivity contribution in [2.45, 2.75) is 19.4 Å². The first-order valence-corrected chi connectivity index (χ1v) is 12.2. The third-order valence-corrected chi connectivity index (χ3v) is 6.77. The predicted octanol–water partition coefficient (Wildman–Crippen LogP) is 2.07. The highest BCUT2D eigenvalue weighted by Gasteiger charge is 2.22. The van der Waals surface area contributed by atoms with Crippen molar-refractivity contribution in [3.05, 3.63) is 52.8 Å². The molecule has 3 aromatic rings. The minimum Gasteiger partial charge on any atom is -0.474 e. The van der Waals surface area contributed by atoms with Gasteiger partial charge in [-0.2, -0.15) is 5.26 Å². The molecule has 1 saturated heterocycles. The van der Waals surface area contributed by atoms with E-state index in [1.807, 2.05) is 30.5 Å². The third kappa shape index (κ3) is 6.30. The number of nitrogens with zero attached hydrogens (tertiary/aromatic N) is 5. The number of aromatic nitrogens is 3. The minimum atomic E-state index is -0.371. The number of likely N-dealkylation sites (tertiary alicyclic amines) is 1. The first kappa shape index (κ1) is 24.5. The van der Waals surface area contributed by atoms with E-state index in [2.05, 4.69) is 25.2 Å². The number of nitrogen functional groups attached to an aromatic ring is 1. The van der Waals surface area contributed by atoms with Gasteiger partial charge in [0, 0.05) is 30.4 Å². The summed E-state index contributed by atoms with van der Waals surface area (Å²) in [5.41, 5.74) is 7.04. The lowest BCUT2D eigenvalue weighted by molar-refractivity contribution is 0.0929. The van der Waals surface area contributed by atoms with Crippen molar-refractivity contribution in [1.82, 2.24) is 25.2 Å². The molecule has 4 heterocycles. The van der Waals surface area contributed by atoms with Crippen LogP contribution in [0.5, 0.6) is 5.88 Å². The van der Waals surface area contributed by atoms with E-state index in [-0.39, 0.29) is 41.9 Å². The van der Waals surface area contributed by atoms with E-state index in [0.717, 1.165) is 43.2 Å². The molecule has 10 nitrogen and oxygen atoms in total. The molecule has 0 saturated carbocycles. The van der Waals surface area contributed by atoms with Gasteiger partial charge in [0.15, 0.2) is 0 Å². The summed E-state index contributed by atoms with van der Waals surface area (Å²) in [4.78, 5) is 29.3. The van der Waals surface area contributed by atoms with E-state index < -0.39 is 0 Å². The lowest BCUT2D eigenvalue weighted by Crippen LogP contribution is -2.38. The maximum absolute atomic E-state index is 12.7. The summed E-state index contributed by atoms with van der Waals surface area (Å²) in [6.45, 7) is 2.99. The Balaban J connectivity index is 1.26. The zero-order valence-electron chi connectivity index (χ0n) is 19.2. The molecule has 0 radical (unpaired) electrons. The fourth-order valence-electron chi connectivity index (χ4n) is 3.90. The summed E-state index contributed by atoms with van der Waals surface area (Å²) >= 11 is 1.67. The van der Waals surface area contributed by atoms with E-state index in [1.165, 1.54) is 10.9 Å². The second kappa shape index (κ2) is 11.7. The maximum Gasteiger partial charge on any atom is 0.270 e. The normalized spacial score (nSPS) is 14.4. The lowest BCUT2D eigenvalue weighted by atomic mass is 9.96. The molecule has 0 aromatic carbocycles. The first-order chi connectivity index (χ1) is 17.1. The predicted molar refractivity (Wildman–Crippen MR) is 132 cm³/mol. The van der Waals surface area contributed by atoms with Crippen LogP contribution in [0.1, 0.15) is 33.8 Å². The number of amides is 1. The van der Waals surface area contributed by atoms with Gasteiger partial charge in [-0.3, -0.25) is 14.7 Å². The molecule has 1 amide bonds. The Morgan fingerprint density at radius 1 is 1.34 bits per heavy atom. The average Bonchev–Trinajstić information content (AvgIpc) is 3.35. The number of nitrogens with one attached hydrogen (secondary N) is 1. The Hall–Kier alpha value is -3.59. The number of nitriles is 1. The second-order valence-electron chi connectivity index (χ2n) is 8.24. The average molecular weight is 494 g/mol. The maximum atomic E-state index is 12.7. The molecule has 4 N–H and O–H groups in total. The highest BCUT2D eigenvalue weighted by atomic mass is 32.1. The molecular formula is C24H27N7O3S. The Morgan fingerprint density at radius 2 is 2.17 bits per heavy atom. The standard InChI is InChI=1S/C24H27N7O3S/c25-12-18-19(26)11-21(30-23(18)34-10-9-32)22(33)28-13-16-4-7-31(8-5-16)15-17-14-29-24(35-17)20-3-1-2-6-27-20/h1-3,6,11,14,16,32H,4-5,7-10,13,15H2,(H2,26,30)(H,28,33). The van der Waals surface area contributed by atoms with Crippen LogP contribution in [0, 0.1) is 17.2 Å². The molecule has 1 aliphatic heterocycles. The van der Waals surface area contributed by atoms with E-state index >= 15 is 0 Å². The molecule has 0 atom stereocenters. The van der Waals surface area contributed by atoms with Gasteiger partial charge >= 0.3 is 0 Å². The molecule has 3 aromatic heterocycles. The summed E-state index contributed by atoms with van der Waals surface area (Å²) in [7, 11) is 0. The molecule has 0 aliphatic carbocycles. The number of hydrogen-bond donors (Lipinski definition) is 3. The van der Waals surface area contributed by atoms with E-state index in [0.29, 0.717) is 12.5 Å². The van der Waals surface area contributed by atoms with Gasteiger partial charge in [-0.25, -0.2) is 9.97 Å². The lowest BCUT2D eigenvalue weighted by Gasteiger charge is -2.31. The van der Waals surface area contributed by atoms with Crippen LogP contribution in [0.4, 0.5) is 5.69 Å². The van der Waals surface area contributed by atoms with Crippen LogP contribution < -0.4 is 15.8 Å². The summed E-state index contributed by atoms with van der Waals surface area (Å²) in [5.74, 6) is -0.0555. The zero-order valence-corrected chi connectivity index (χ0v) is 20.0. The van der Waals surface area contributed by atoms with E-state index in [1.54, 1.807) is 17.5 Å². The number of rotatable bonds is 9. The molecular weight excluding hydrogens is 466 g/mol. The van der Waals surface area contributed by atoms with Gasteiger partial charge in [0.1, 0.15) is 28.9 Å². The van der Waals surface area contributed by atoms with Crippen molar-refractivity contribution in [1.29, 1.82) is 5.26 Å². The Morgan fingerprint density at radius 3 is 2.89 bits per heavy atom. The van der Waals surface area contributed by atoms with Crippen LogP contribution in [0.2, 0.25) is 0 Å². The summed E-state index contributed by atoms with van der Waals surface area (Å²) < 4.78 is 5.27. The van der Waals surface area contributed by atoms with Crippen LogP contribution >= 0.6 is 11.3 Å². The van der Waals surface area contributed by atoms with Crippen molar-refractivity contribution in [2.24, 2.45) is 5.92 Å². The smallest absolute Gasteiger partial charge is 0.270 e. The summed E-state index contributed by atoms with van der Waals surface area (Å²) in [6, 6.07) is 9.11. The molecule has 1 aliphatic rings. The van der Waals surface area contributed by atoms with E-state index in [9.17, 15) is 10.1 Å². The number of pyridine rings is 2. The molecule has 35 heavy (non-hydrogen) atoms. The molecule has 11 heteroatoms. The number of aliphatic hydroxyl groups excluding tert-OH is 1. The largest absolute Gasteiger partial charge is 0.474 e. The highest BCUT2D eigenvalue weighted by molar-refractivity contribution is 7.14. The summed E-state index contributed by atoms with van der Waals surface area (Å²) in [6.07, 6.45) is 5.64. The molecule has 1 fully saturated rings. The van der Waals surface area contributed by atoms with Gasteiger partial charge in [-0.05, 0) is 50.0 Å². The summed E-state index contributed by atoms with van der Waals surface area (Å²) in [5, 5.41) is 22.1. The second-order valence-corrected chi connectivity index (χ2v) is 9.35. The van der Waals surface area contributed by atoms with Gasteiger partial charge in [-0.1, -0.05) is 6.07 Å². The Kier molecular flexibility index (Phi) is 8.20. The van der Waals surface area contributed by atoms with Gasteiger partial charge in [0.2, 0.25) is 5.88 Å². The monoisotopic (exact) mass is 493 g/mol. The fraction of sp³-hybridized carbons (Fsp3) is 0.375. The number of anilines is 1. The number of ether oxygens (including phenoxy) is 1. The Labute approximate surface area is 207 Å². The third-order valence-electron chi connectivity index (χ3n) is 5.77. The number of thiazole rings is 1. The minimum absolute atomic E-state index is 0.0449. The number of piperidine rings is 1. The van der Waals surface area contributed by atoms with Gasteiger partial charge in [0.05, 0.1) is 18.0 Å². The van der Waals surface area contributed by atoms with Gasteiger partial charge < -0.3 is 20.9 Å². The van der Waals surface area contributed by atoms with Crippen molar-refractivity contribution >= 4 is 22.9 Å². The molecule has 182 valence electrons. The number of aliphatic hydroxyl groups is 1. The van der Waals surface area contributed by atoms with Crippen LogP contribution in [0.3, 0.4) is 0 Å². The topological polar surface area (TPSA) is 150 Å². The van der Waals surface area contributed by atoms with Gasteiger partial charge in [0.25, 0.3) is 5.91 Å². The molecule has 0 unspecified atom stereocenters. The molecule has 0 spiro atoms. The van der Waals surface area contributed by atoms with Crippen LogP contribution in [0.25, 0.3) is 10.7 Å². The number of carbonyl (C=O) groups is 1. The van der Waals surface area contributed by atoms with Crippen molar-refractivity contribution < 1.29 is 14.6 Å². The van der Waals surface area contributed by atoms with Crippen LogP contribution in [-0.4, -0.2) is 63.7 Å². The molecule has 0 bridgehead atoms. The van der Waals surface area contributed by atoms with Crippen molar-refractivity contribution in [3.63, 3.8) is 0 Å². The van der Waals surface area contributed by atoms with Crippen LogP contribution in [0.15, 0.2) is 36.7 Å². The van der Waals surface area contributed by atoms with Gasteiger partial charge in [-0.15, -0.1) is 11.3 Å². The quantitative estimate of drug-likeness (QED) is 0.407. The van der Waals surface area contributed by atoms with Crippen LogP contribution in [-0.2, 0) is 6.54 Å².